The molecule has 2 fully saturated rings. The molecule has 190 valence electrons. The normalized spacial score (nSPS) is 22.3. The lowest BCUT2D eigenvalue weighted by atomic mass is 9.82. The van der Waals surface area contributed by atoms with Gasteiger partial charge < -0.3 is 15.5 Å². The Morgan fingerprint density at radius 2 is 1.82 bits per heavy atom. The maximum absolute atomic E-state index is 14.0. The Bertz CT molecular complexity index is 780. The Morgan fingerprint density at radius 1 is 1.12 bits per heavy atom. The number of thioether (sulfide) groups is 1. The quantitative estimate of drug-likeness (QED) is 0.463. The van der Waals surface area contributed by atoms with E-state index in [1.54, 1.807) is 17.8 Å². The molecule has 1 atom stereocenters. The predicted octanol–water partition coefficient (Wildman–Crippen LogP) is 3.52. The summed E-state index contributed by atoms with van der Waals surface area (Å²) in [6.45, 7) is 7.10. The molecule has 1 aliphatic carbocycles. The van der Waals surface area contributed by atoms with Crippen molar-refractivity contribution in [3.8, 4) is 0 Å². The zero-order valence-electron chi connectivity index (χ0n) is 20.7. The second-order valence-corrected chi connectivity index (χ2v) is 10.7. The average Bonchev–Trinajstić information content (AvgIpc) is 2.85. The third-order valence-electron chi connectivity index (χ3n) is 7.15. The first-order valence-corrected chi connectivity index (χ1v) is 14.2. The number of carbonyl (C=O) groups excluding carboxylic acids is 2. The highest BCUT2D eigenvalue weighted by Gasteiger charge is 2.28. The lowest BCUT2D eigenvalue weighted by Crippen LogP contribution is -2.50. The average molecular weight is 493 g/mol. The molecule has 2 aliphatic rings. The zero-order valence-corrected chi connectivity index (χ0v) is 21.5. The molecule has 34 heavy (non-hydrogen) atoms. The van der Waals surface area contributed by atoms with Crippen molar-refractivity contribution in [3.05, 3.63) is 30.1 Å². The van der Waals surface area contributed by atoms with Crippen LogP contribution in [0.4, 0.5) is 10.1 Å². The number of para-hydroxylation sites is 1. The number of halogens is 1. The Hall–Kier alpha value is -1.80. The highest BCUT2D eigenvalue weighted by Crippen LogP contribution is 2.28. The molecule has 1 saturated heterocycles. The minimum absolute atomic E-state index is 0.0425. The zero-order chi connectivity index (χ0) is 24.3. The number of piperazine rings is 1. The number of rotatable bonds is 11. The van der Waals surface area contributed by atoms with Crippen molar-refractivity contribution in [2.75, 3.05) is 56.2 Å². The lowest BCUT2D eigenvalue weighted by Gasteiger charge is -2.36. The van der Waals surface area contributed by atoms with Gasteiger partial charge in [0.2, 0.25) is 11.8 Å². The first kappa shape index (κ1) is 26.8. The van der Waals surface area contributed by atoms with E-state index < -0.39 is 6.04 Å². The number of benzene rings is 1. The van der Waals surface area contributed by atoms with Crippen LogP contribution in [0.2, 0.25) is 0 Å². The monoisotopic (exact) mass is 492 g/mol. The van der Waals surface area contributed by atoms with Crippen LogP contribution in [0.1, 0.15) is 45.4 Å². The first-order valence-electron chi connectivity index (χ1n) is 12.8. The molecule has 0 bridgehead atoms. The van der Waals surface area contributed by atoms with Gasteiger partial charge in [-0.05, 0) is 75.1 Å². The standard InChI is InChI=1S/C26H41FN4O2S/c1-20-8-10-21(11-9-20)25(32)29-23(12-19-34-2)26(33)28-13-5-14-30-15-17-31(18-16-30)24-7-4-3-6-22(24)27/h3-4,6-7,20-21,23H,5,8-19H2,1-2H3,(H,28,33)(H,29,32)/t20?,21?,23-/m0/s1. The number of hydrogen-bond donors (Lipinski definition) is 2. The molecule has 0 aromatic heterocycles. The maximum atomic E-state index is 14.0. The molecule has 1 aromatic carbocycles. The topological polar surface area (TPSA) is 64.7 Å². The van der Waals surface area contributed by atoms with Crippen molar-refractivity contribution in [1.82, 2.24) is 15.5 Å². The summed E-state index contributed by atoms with van der Waals surface area (Å²) in [6, 6.07) is 6.48. The van der Waals surface area contributed by atoms with Gasteiger partial charge in [0, 0.05) is 38.6 Å². The molecule has 0 spiro atoms. The van der Waals surface area contributed by atoms with Gasteiger partial charge in [-0.25, -0.2) is 4.39 Å². The second-order valence-electron chi connectivity index (χ2n) is 9.72. The van der Waals surface area contributed by atoms with Crippen molar-refractivity contribution in [2.45, 2.75) is 51.5 Å². The van der Waals surface area contributed by atoms with E-state index in [-0.39, 0.29) is 23.5 Å². The lowest BCUT2D eigenvalue weighted by molar-refractivity contribution is -0.132. The van der Waals surface area contributed by atoms with Crippen LogP contribution < -0.4 is 15.5 Å². The summed E-state index contributed by atoms with van der Waals surface area (Å²) >= 11 is 1.69. The van der Waals surface area contributed by atoms with Crippen molar-refractivity contribution >= 4 is 29.3 Å². The van der Waals surface area contributed by atoms with E-state index in [9.17, 15) is 14.0 Å². The number of anilines is 1. The first-order chi connectivity index (χ1) is 16.5. The van der Waals surface area contributed by atoms with Gasteiger partial charge >= 0.3 is 0 Å². The molecule has 1 heterocycles. The van der Waals surface area contributed by atoms with Crippen molar-refractivity contribution in [3.63, 3.8) is 0 Å². The predicted molar refractivity (Wildman–Crippen MR) is 139 cm³/mol. The summed E-state index contributed by atoms with van der Waals surface area (Å²) in [7, 11) is 0. The van der Waals surface area contributed by atoms with E-state index in [1.165, 1.54) is 6.07 Å². The Balaban J connectivity index is 1.36. The Kier molecular flexibility index (Phi) is 11.0. The maximum Gasteiger partial charge on any atom is 0.242 e. The molecule has 3 rings (SSSR count). The second kappa shape index (κ2) is 13.9. The fraction of sp³-hybridized carbons (Fsp3) is 0.692. The van der Waals surface area contributed by atoms with Crippen molar-refractivity contribution < 1.29 is 14.0 Å². The van der Waals surface area contributed by atoms with E-state index >= 15 is 0 Å². The van der Waals surface area contributed by atoms with Gasteiger partial charge in [-0.15, -0.1) is 0 Å². The van der Waals surface area contributed by atoms with Crippen LogP contribution in [0.25, 0.3) is 0 Å². The van der Waals surface area contributed by atoms with Crippen LogP contribution in [-0.4, -0.2) is 74.0 Å². The molecule has 1 aromatic rings. The van der Waals surface area contributed by atoms with E-state index in [2.05, 4.69) is 27.4 Å². The molecule has 2 N–H and O–H groups in total. The van der Waals surface area contributed by atoms with Gasteiger partial charge in [0.05, 0.1) is 5.69 Å². The highest BCUT2D eigenvalue weighted by molar-refractivity contribution is 7.98. The summed E-state index contributed by atoms with van der Waals surface area (Å²) in [5.41, 5.74) is 0.676. The van der Waals surface area contributed by atoms with Gasteiger partial charge in [0.25, 0.3) is 0 Å². The van der Waals surface area contributed by atoms with Gasteiger partial charge in [-0.3, -0.25) is 14.5 Å². The van der Waals surface area contributed by atoms with Crippen LogP contribution in [-0.2, 0) is 9.59 Å². The summed E-state index contributed by atoms with van der Waals surface area (Å²) in [6.07, 6.45) is 7.56. The third-order valence-corrected chi connectivity index (χ3v) is 7.79. The third kappa shape index (κ3) is 8.15. The van der Waals surface area contributed by atoms with Gasteiger partial charge in [-0.1, -0.05) is 19.1 Å². The molecule has 8 heteroatoms. The molecule has 0 unspecified atom stereocenters. The van der Waals surface area contributed by atoms with Crippen molar-refractivity contribution in [1.29, 1.82) is 0 Å². The largest absolute Gasteiger partial charge is 0.367 e. The molecular formula is C26H41FN4O2S. The van der Waals surface area contributed by atoms with Gasteiger partial charge in [-0.2, -0.15) is 11.8 Å². The summed E-state index contributed by atoms with van der Waals surface area (Å²) in [4.78, 5) is 30.0. The summed E-state index contributed by atoms with van der Waals surface area (Å²) in [5.74, 6) is 1.38. The summed E-state index contributed by atoms with van der Waals surface area (Å²) < 4.78 is 14.0. The minimum atomic E-state index is -0.455. The number of nitrogens with zero attached hydrogens (tertiary/aromatic N) is 2. The molecule has 2 amide bonds. The van der Waals surface area contributed by atoms with E-state index in [0.29, 0.717) is 24.6 Å². The Labute approximate surface area is 208 Å². The highest BCUT2D eigenvalue weighted by atomic mass is 32.2. The molecular weight excluding hydrogens is 451 g/mol. The van der Waals surface area contributed by atoms with E-state index in [4.69, 9.17) is 0 Å². The summed E-state index contributed by atoms with van der Waals surface area (Å²) in [5, 5.41) is 6.08. The molecule has 1 aliphatic heterocycles. The van der Waals surface area contributed by atoms with Crippen LogP contribution in [0, 0.1) is 17.7 Å². The van der Waals surface area contributed by atoms with Crippen LogP contribution in [0.3, 0.4) is 0 Å². The number of carbonyl (C=O) groups is 2. The SMILES string of the molecule is CSCC[C@H](NC(=O)C1CCC(C)CC1)C(=O)NCCCN1CCN(c2ccccc2F)CC1. The molecule has 0 radical (unpaired) electrons. The fourth-order valence-corrected chi connectivity index (χ4v) is 5.35. The molecule has 6 nitrogen and oxygen atoms in total. The minimum Gasteiger partial charge on any atom is -0.367 e. The number of hydrogen-bond acceptors (Lipinski definition) is 5. The van der Waals surface area contributed by atoms with Crippen molar-refractivity contribution in [2.24, 2.45) is 11.8 Å². The van der Waals surface area contributed by atoms with Gasteiger partial charge in [0.1, 0.15) is 11.9 Å². The smallest absolute Gasteiger partial charge is 0.242 e. The van der Waals surface area contributed by atoms with E-state index in [0.717, 1.165) is 70.6 Å². The fourth-order valence-electron chi connectivity index (χ4n) is 4.87. The van der Waals surface area contributed by atoms with E-state index in [1.807, 2.05) is 18.4 Å². The Morgan fingerprint density at radius 3 is 2.50 bits per heavy atom. The molecule has 1 saturated carbocycles. The number of amides is 2. The van der Waals surface area contributed by atoms with Crippen LogP contribution >= 0.6 is 11.8 Å². The van der Waals surface area contributed by atoms with Crippen LogP contribution in [0.15, 0.2) is 24.3 Å². The number of nitrogens with one attached hydrogen (secondary N) is 2. The van der Waals surface area contributed by atoms with Crippen LogP contribution in [0.5, 0.6) is 0 Å². The van der Waals surface area contributed by atoms with Gasteiger partial charge in [0.15, 0.2) is 0 Å².